The normalized spacial score (nSPS) is 23.3. The number of rotatable bonds is 5. The van der Waals surface area contributed by atoms with E-state index in [9.17, 15) is 4.79 Å². The number of benzene rings is 1. The number of likely N-dealkylation sites (tertiary alicyclic amines) is 1. The van der Waals surface area contributed by atoms with E-state index in [4.69, 9.17) is 13.9 Å². The predicted octanol–water partition coefficient (Wildman–Crippen LogP) is 2.98. The molecule has 7 nitrogen and oxygen atoms in total. The molecular formula is C25H27N3O4. The van der Waals surface area contributed by atoms with Gasteiger partial charge in [0.05, 0.1) is 25.9 Å². The average Bonchev–Trinajstić information content (AvgIpc) is 3.58. The molecule has 3 aliphatic rings. The molecule has 3 aromatic rings. The van der Waals surface area contributed by atoms with Crippen LogP contribution in [0.3, 0.4) is 0 Å². The van der Waals surface area contributed by atoms with Gasteiger partial charge in [-0.25, -0.2) is 0 Å². The van der Waals surface area contributed by atoms with Crippen molar-refractivity contribution < 1.29 is 18.7 Å². The fourth-order valence-corrected chi connectivity index (χ4v) is 5.03. The van der Waals surface area contributed by atoms with Crippen molar-refractivity contribution in [1.29, 1.82) is 0 Å². The second-order valence-electron chi connectivity index (χ2n) is 8.89. The average molecular weight is 434 g/mol. The second-order valence-corrected chi connectivity index (χ2v) is 8.89. The Hall–Kier alpha value is -2.74. The molecule has 0 spiro atoms. The zero-order valence-electron chi connectivity index (χ0n) is 18.0. The Morgan fingerprint density at radius 3 is 2.72 bits per heavy atom. The topological polar surface area (TPSA) is 68.0 Å². The molecule has 0 saturated carbocycles. The minimum atomic E-state index is -0.0347. The van der Waals surface area contributed by atoms with Crippen LogP contribution in [0, 0.1) is 0 Å². The maximum absolute atomic E-state index is 12.6. The fourth-order valence-electron chi connectivity index (χ4n) is 5.03. The number of furan rings is 1. The molecule has 0 radical (unpaired) electrons. The first-order valence-corrected chi connectivity index (χ1v) is 11.4. The number of nitrogens with zero attached hydrogens (tertiary/aromatic N) is 3. The molecule has 0 N–H and O–H groups in total. The first-order chi connectivity index (χ1) is 15.7. The molecule has 2 unspecified atom stereocenters. The number of carbonyl (C=O) groups is 1. The number of amides is 1. The lowest BCUT2D eigenvalue weighted by Crippen LogP contribution is -2.41. The van der Waals surface area contributed by atoms with Gasteiger partial charge in [-0.1, -0.05) is 12.1 Å². The van der Waals surface area contributed by atoms with E-state index < -0.39 is 0 Å². The Balaban J connectivity index is 1.14. The molecule has 7 heteroatoms. The number of morpholine rings is 2. The molecule has 2 atom stereocenters. The summed E-state index contributed by atoms with van der Waals surface area (Å²) in [5.41, 5.74) is 3.43. The number of hydrogen-bond acceptors (Lipinski definition) is 6. The first-order valence-electron chi connectivity index (χ1n) is 11.4. The molecule has 0 aliphatic carbocycles. The fraction of sp³-hybridized carbons (Fsp3) is 0.440. The summed E-state index contributed by atoms with van der Waals surface area (Å²) in [6.07, 6.45) is 4.30. The zero-order chi connectivity index (χ0) is 21.5. The molecule has 2 bridgehead atoms. The van der Waals surface area contributed by atoms with Gasteiger partial charge in [0, 0.05) is 55.8 Å². The Morgan fingerprint density at radius 2 is 1.97 bits per heavy atom. The third-order valence-electron chi connectivity index (χ3n) is 6.84. The van der Waals surface area contributed by atoms with Crippen LogP contribution in [0.1, 0.15) is 22.7 Å². The number of carbonyl (C=O) groups excluding carboxylic acids is 1. The van der Waals surface area contributed by atoms with Crippen molar-refractivity contribution in [3.05, 3.63) is 54.0 Å². The molecule has 32 heavy (non-hydrogen) atoms. The van der Waals surface area contributed by atoms with Crippen molar-refractivity contribution in [3.8, 4) is 11.1 Å². The van der Waals surface area contributed by atoms with Gasteiger partial charge in [-0.05, 0) is 36.2 Å². The molecule has 1 aromatic carbocycles. The van der Waals surface area contributed by atoms with E-state index in [1.54, 1.807) is 11.1 Å². The van der Waals surface area contributed by atoms with Crippen molar-refractivity contribution in [2.24, 2.45) is 0 Å². The van der Waals surface area contributed by atoms with Crippen LogP contribution < -0.4 is 0 Å². The van der Waals surface area contributed by atoms with Crippen molar-refractivity contribution in [2.45, 2.75) is 25.0 Å². The highest BCUT2D eigenvalue weighted by atomic mass is 16.5. The smallest absolute Gasteiger partial charge is 0.272 e. The maximum Gasteiger partial charge on any atom is 0.272 e. The summed E-state index contributed by atoms with van der Waals surface area (Å²) in [6, 6.07) is 12.7. The molecule has 3 aliphatic heterocycles. The van der Waals surface area contributed by atoms with Gasteiger partial charge in [-0.3, -0.25) is 14.7 Å². The summed E-state index contributed by atoms with van der Waals surface area (Å²) in [6.45, 7) is 5.35. The summed E-state index contributed by atoms with van der Waals surface area (Å²) in [7, 11) is 0. The number of pyridine rings is 1. The first kappa shape index (κ1) is 19.9. The van der Waals surface area contributed by atoms with Gasteiger partial charge in [0.25, 0.3) is 5.91 Å². The van der Waals surface area contributed by atoms with Gasteiger partial charge in [0.2, 0.25) is 0 Å². The Morgan fingerprint density at radius 1 is 1.09 bits per heavy atom. The van der Waals surface area contributed by atoms with E-state index in [0.29, 0.717) is 44.1 Å². The van der Waals surface area contributed by atoms with Gasteiger partial charge in [-0.2, -0.15) is 0 Å². The number of ether oxygens (including phenoxy) is 2. The van der Waals surface area contributed by atoms with Gasteiger partial charge >= 0.3 is 0 Å². The number of hydrogen-bond donors (Lipinski definition) is 0. The second kappa shape index (κ2) is 8.31. The van der Waals surface area contributed by atoms with Crippen LogP contribution in [0.2, 0.25) is 0 Å². The van der Waals surface area contributed by atoms with Crippen LogP contribution in [0.4, 0.5) is 0 Å². The minimum absolute atomic E-state index is 0.0347. The Kier molecular flexibility index (Phi) is 5.17. The van der Waals surface area contributed by atoms with Gasteiger partial charge < -0.3 is 18.8 Å². The maximum atomic E-state index is 12.6. The summed E-state index contributed by atoms with van der Waals surface area (Å²) in [5.74, 6) is 0.984. The van der Waals surface area contributed by atoms with Crippen LogP contribution in [-0.2, 0) is 15.9 Å². The summed E-state index contributed by atoms with van der Waals surface area (Å²) < 4.78 is 17.1. The zero-order valence-corrected chi connectivity index (χ0v) is 18.0. The number of aromatic nitrogens is 1. The van der Waals surface area contributed by atoms with Gasteiger partial charge in [-0.15, -0.1) is 0 Å². The molecular weight excluding hydrogens is 406 g/mol. The van der Waals surface area contributed by atoms with Crippen LogP contribution in [0.25, 0.3) is 22.1 Å². The van der Waals surface area contributed by atoms with Crippen molar-refractivity contribution in [2.75, 3.05) is 46.0 Å². The summed E-state index contributed by atoms with van der Waals surface area (Å²) in [4.78, 5) is 21.4. The summed E-state index contributed by atoms with van der Waals surface area (Å²) >= 11 is 0. The standard InChI is InChI=1S/C25H27N3O4/c29-25(27-7-9-30-10-8-27)23-3-1-18(14-26-23)17-2-4-24-19(11-17)12-21(32-24)5-6-28-15-22-13-20(28)16-31-22/h1-4,11-12,14,20,22H,5-10,13,15-16H2. The molecule has 5 heterocycles. The quantitative estimate of drug-likeness (QED) is 0.616. The van der Waals surface area contributed by atoms with E-state index in [-0.39, 0.29) is 5.91 Å². The lowest BCUT2D eigenvalue weighted by molar-refractivity contribution is 0.0299. The number of fused-ring (bicyclic) bond motifs is 3. The van der Waals surface area contributed by atoms with Crippen LogP contribution in [0.5, 0.6) is 0 Å². The van der Waals surface area contributed by atoms with E-state index in [1.165, 1.54) is 6.42 Å². The van der Waals surface area contributed by atoms with Crippen molar-refractivity contribution in [1.82, 2.24) is 14.8 Å². The van der Waals surface area contributed by atoms with Crippen molar-refractivity contribution >= 4 is 16.9 Å². The summed E-state index contributed by atoms with van der Waals surface area (Å²) in [5, 5.41) is 1.09. The molecule has 3 fully saturated rings. The third kappa shape index (κ3) is 3.81. The molecule has 3 saturated heterocycles. The van der Waals surface area contributed by atoms with E-state index in [2.05, 4.69) is 22.0 Å². The lowest BCUT2D eigenvalue weighted by Gasteiger charge is -2.26. The lowest BCUT2D eigenvalue weighted by atomic mass is 10.1. The van der Waals surface area contributed by atoms with E-state index in [0.717, 1.165) is 54.0 Å². The van der Waals surface area contributed by atoms with Crippen LogP contribution >= 0.6 is 0 Å². The Labute approximate surface area is 186 Å². The molecule has 6 rings (SSSR count). The molecule has 1 amide bonds. The van der Waals surface area contributed by atoms with Crippen LogP contribution in [0.15, 0.2) is 47.0 Å². The van der Waals surface area contributed by atoms with Gasteiger partial charge in [0.1, 0.15) is 17.0 Å². The van der Waals surface area contributed by atoms with E-state index in [1.807, 2.05) is 24.3 Å². The SMILES string of the molecule is O=C(c1ccc(-c2ccc3oc(CCN4CC5CC4CO5)cc3c2)cn1)N1CCOCC1. The van der Waals surface area contributed by atoms with Crippen molar-refractivity contribution in [3.63, 3.8) is 0 Å². The third-order valence-corrected chi connectivity index (χ3v) is 6.84. The molecule has 166 valence electrons. The van der Waals surface area contributed by atoms with Crippen LogP contribution in [-0.4, -0.2) is 78.8 Å². The monoisotopic (exact) mass is 433 g/mol. The highest BCUT2D eigenvalue weighted by molar-refractivity contribution is 5.93. The van der Waals surface area contributed by atoms with E-state index >= 15 is 0 Å². The highest BCUT2D eigenvalue weighted by Gasteiger charge is 2.38. The van der Waals surface area contributed by atoms with Gasteiger partial charge in [0.15, 0.2) is 0 Å². The molecule has 2 aromatic heterocycles. The predicted molar refractivity (Wildman–Crippen MR) is 120 cm³/mol. The largest absolute Gasteiger partial charge is 0.461 e. The minimum Gasteiger partial charge on any atom is -0.461 e. The highest BCUT2D eigenvalue weighted by Crippen LogP contribution is 2.29. The Bertz CT molecular complexity index is 1120.